The summed E-state index contributed by atoms with van der Waals surface area (Å²) in [6.07, 6.45) is 9.68. The standard InChI is InChI=1S/C11H17N.C2H6.CH5N.HI/c1-4-6-7-8-10(3)9-11(12)5-2;2*1-2;/h4-6,9,12H,2,7-8H2,1,3H3;1-2H3;2H2,1H3;1H/b6-4+,10-9+,12-11?;;;. The molecule has 0 aliphatic rings. The van der Waals surface area contributed by atoms with Crippen LogP contribution in [0.3, 0.4) is 0 Å². The van der Waals surface area contributed by atoms with Gasteiger partial charge < -0.3 is 11.1 Å². The molecule has 0 saturated carbocycles. The number of nitrogens with one attached hydrogen (secondary N) is 1. The van der Waals surface area contributed by atoms with Crippen molar-refractivity contribution in [2.75, 3.05) is 7.05 Å². The van der Waals surface area contributed by atoms with Crippen LogP contribution in [0.1, 0.15) is 40.5 Å². The van der Waals surface area contributed by atoms with Crippen LogP contribution in [0.5, 0.6) is 0 Å². The minimum atomic E-state index is 0. The highest BCUT2D eigenvalue weighted by Crippen LogP contribution is 2.04. The zero-order valence-electron chi connectivity index (χ0n) is 11.9. The molecule has 0 bridgehead atoms. The van der Waals surface area contributed by atoms with Crippen molar-refractivity contribution in [3.8, 4) is 0 Å². The summed E-state index contributed by atoms with van der Waals surface area (Å²) in [4.78, 5) is 0. The van der Waals surface area contributed by atoms with E-state index in [1.165, 1.54) is 12.6 Å². The minimum Gasteiger partial charge on any atom is -0.333 e. The summed E-state index contributed by atoms with van der Waals surface area (Å²) in [5.74, 6) is 0. The van der Waals surface area contributed by atoms with E-state index in [-0.39, 0.29) is 24.0 Å². The predicted molar refractivity (Wildman–Crippen MR) is 92.6 cm³/mol. The molecule has 0 amide bonds. The molecule has 0 saturated heterocycles. The van der Waals surface area contributed by atoms with E-state index in [0.717, 1.165) is 12.8 Å². The number of halogens is 1. The number of nitrogens with two attached hydrogens (primary N) is 1. The van der Waals surface area contributed by atoms with E-state index in [9.17, 15) is 0 Å². The van der Waals surface area contributed by atoms with Crippen molar-refractivity contribution < 1.29 is 0 Å². The highest BCUT2D eigenvalue weighted by Gasteiger charge is 1.88. The molecule has 3 heteroatoms. The zero-order valence-corrected chi connectivity index (χ0v) is 14.2. The van der Waals surface area contributed by atoms with Crippen LogP contribution in [0.4, 0.5) is 0 Å². The fourth-order valence-corrected chi connectivity index (χ4v) is 0.874. The third kappa shape index (κ3) is 25.7. The molecule has 17 heavy (non-hydrogen) atoms. The molecule has 3 N–H and O–H groups in total. The fourth-order valence-electron chi connectivity index (χ4n) is 0.874. The van der Waals surface area contributed by atoms with Crippen molar-refractivity contribution in [2.24, 2.45) is 5.73 Å². The van der Waals surface area contributed by atoms with Gasteiger partial charge in [-0.2, -0.15) is 0 Å². The van der Waals surface area contributed by atoms with Crippen LogP contribution >= 0.6 is 24.0 Å². The number of hydrogen-bond acceptors (Lipinski definition) is 2. The van der Waals surface area contributed by atoms with E-state index in [2.05, 4.69) is 18.4 Å². The Bertz CT molecular complexity index is 218. The topological polar surface area (TPSA) is 49.9 Å². The summed E-state index contributed by atoms with van der Waals surface area (Å²) in [6.45, 7) is 11.6. The Balaban J connectivity index is -0.000000152. The second-order valence-corrected chi connectivity index (χ2v) is 2.76. The van der Waals surface area contributed by atoms with Gasteiger partial charge in [0.05, 0.1) is 5.71 Å². The maximum Gasteiger partial charge on any atom is 0.0533 e. The van der Waals surface area contributed by atoms with Gasteiger partial charge in [-0.3, -0.25) is 0 Å². The lowest BCUT2D eigenvalue weighted by Gasteiger charge is -1.96. The van der Waals surface area contributed by atoms with Gasteiger partial charge in [0, 0.05) is 0 Å². The van der Waals surface area contributed by atoms with E-state index in [1.54, 1.807) is 6.08 Å². The molecule has 0 aliphatic carbocycles. The van der Waals surface area contributed by atoms with Crippen molar-refractivity contribution in [3.63, 3.8) is 0 Å². The monoisotopic (exact) mass is 352 g/mol. The molecule has 0 unspecified atom stereocenters. The van der Waals surface area contributed by atoms with Gasteiger partial charge in [0.1, 0.15) is 0 Å². The Hall–Kier alpha value is -0.420. The zero-order chi connectivity index (χ0) is 13.4. The lowest BCUT2D eigenvalue weighted by atomic mass is 10.1. The van der Waals surface area contributed by atoms with Crippen LogP contribution in [0.15, 0.2) is 36.5 Å². The lowest BCUT2D eigenvalue weighted by molar-refractivity contribution is 0.978. The van der Waals surface area contributed by atoms with Crippen molar-refractivity contribution in [1.82, 2.24) is 0 Å². The second-order valence-electron chi connectivity index (χ2n) is 2.76. The summed E-state index contributed by atoms with van der Waals surface area (Å²) in [6, 6.07) is 0. The first-order valence-corrected chi connectivity index (χ1v) is 5.77. The van der Waals surface area contributed by atoms with Gasteiger partial charge in [0.25, 0.3) is 0 Å². The molecule has 0 atom stereocenters. The smallest absolute Gasteiger partial charge is 0.0533 e. The largest absolute Gasteiger partial charge is 0.333 e. The van der Waals surface area contributed by atoms with E-state index in [1.807, 2.05) is 39.8 Å². The average Bonchev–Trinajstić information content (AvgIpc) is 2.34. The number of allylic oxidation sites excluding steroid dienone is 5. The second kappa shape index (κ2) is 24.7. The highest BCUT2D eigenvalue weighted by molar-refractivity contribution is 14.0. The van der Waals surface area contributed by atoms with Crippen LogP contribution < -0.4 is 5.73 Å². The maximum atomic E-state index is 7.34. The summed E-state index contributed by atoms with van der Waals surface area (Å²) in [5, 5.41) is 7.34. The van der Waals surface area contributed by atoms with Gasteiger partial charge in [-0.25, -0.2) is 0 Å². The van der Waals surface area contributed by atoms with Gasteiger partial charge in [0.15, 0.2) is 0 Å². The van der Waals surface area contributed by atoms with Crippen LogP contribution in [-0.2, 0) is 0 Å². The van der Waals surface area contributed by atoms with E-state index < -0.39 is 0 Å². The Kier molecular flexibility index (Phi) is 36.9. The van der Waals surface area contributed by atoms with Gasteiger partial charge in [-0.1, -0.05) is 38.2 Å². The Morgan fingerprint density at radius 3 is 2.12 bits per heavy atom. The van der Waals surface area contributed by atoms with E-state index >= 15 is 0 Å². The minimum absolute atomic E-state index is 0. The SMILES string of the molecule is C=CC(=N)/C=C(\C)CC/C=C/C.CC.CN.I. The molecule has 0 aliphatic heterocycles. The summed E-state index contributed by atoms with van der Waals surface area (Å²) >= 11 is 0. The van der Waals surface area contributed by atoms with Crippen molar-refractivity contribution >= 4 is 29.7 Å². The van der Waals surface area contributed by atoms with E-state index in [4.69, 9.17) is 5.41 Å². The predicted octanol–water partition coefficient (Wildman–Crippen LogP) is 4.71. The molecule has 0 rings (SSSR count). The molecule has 102 valence electrons. The molecular weight excluding hydrogens is 323 g/mol. The normalized spacial score (nSPS) is 9.18. The molecule has 2 nitrogen and oxygen atoms in total. The summed E-state index contributed by atoms with van der Waals surface area (Å²) in [5.41, 5.74) is 6.23. The van der Waals surface area contributed by atoms with Crippen molar-refractivity contribution in [2.45, 2.75) is 40.5 Å². The highest BCUT2D eigenvalue weighted by atomic mass is 127. The molecule has 0 aromatic rings. The van der Waals surface area contributed by atoms with Crippen LogP contribution in [-0.4, -0.2) is 12.8 Å². The third-order valence-electron chi connectivity index (χ3n) is 1.56. The molecular formula is C14H29IN2. The first kappa shape index (κ1) is 25.4. The number of rotatable bonds is 5. The van der Waals surface area contributed by atoms with Crippen LogP contribution in [0.2, 0.25) is 0 Å². The molecule has 0 aromatic carbocycles. The van der Waals surface area contributed by atoms with Gasteiger partial charge in [0.2, 0.25) is 0 Å². The molecule has 0 spiro atoms. The number of hydrogen-bond donors (Lipinski definition) is 2. The van der Waals surface area contributed by atoms with Crippen LogP contribution in [0, 0.1) is 5.41 Å². The van der Waals surface area contributed by atoms with Crippen molar-refractivity contribution in [1.29, 1.82) is 5.41 Å². The van der Waals surface area contributed by atoms with Gasteiger partial charge in [-0.05, 0) is 45.9 Å². The van der Waals surface area contributed by atoms with E-state index in [0.29, 0.717) is 5.71 Å². The van der Waals surface area contributed by atoms with Gasteiger partial charge in [-0.15, -0.1) is 24.0 Å². The maximum absolute atomic E-state index is 7.34. The molecule has 0 aromatic heterocycles. The quantitative estimate of drug-likeness (QED) is 0.420. The Morgan fingerprint density at radius 1 is 1.29 bits per heavy atom. The lowest BCUT2D eigenvalue weighted by Crippen LogP contribution is -1.85. The first-order chi connectivity index (χ1) is 7.70. The van der Waals surface area contributed by atoms with Crippen LogP contribution in [0.25, 0.3) is 0 Å². The molecule has 0 heterocycles. The Morgan fingerprint density at radius 2 is 1.76 bits per heavy atom. The van der Waals surface area contributed by atoms with Crippen molar-refractivity contribution in [3.05, 3.63) is 36.5 Å². The van der Waals surface area contributed by atoms with Gasteiger partial charge >= 0.3 is 0 Å². The first-order valence-electron chi connectivity index (χ1n) is 5.77. The molecule has 0 fully saturated rings. The average molecular weight is 352 g/mol. The molecule has 0 radical (unpaired) electrons. The fraction of sp³-hybridized carbons (Fsp3) is 0.500. The summed E-state index contributed by atoms with van der Waals surface area (Å²) < 4.78 is 0. The third-order valence-corrected chi connectivity index (χ3v) is 1.56. The summed E-state index contributed by atoms with van der Waals surface area (Å²) in [7, 11) is 1.50. The Labute approximate surface area is 125 Å².